The Morgan fingerprint density at radius 3 is 2.60 bits per heavy atom. The van der Waals surface area contributed by atoms with Gasteiger partial charge in [-0.25, -0.2) is 18.1 Å². The molecule has 6 nitrogen and oxygen atoms in total. The average molecular weight is 377 g/mol. The van der Waals surface area contributed by atoms with Gasteiger partial charge >= 0.3 is 0 Å². The van der Waals surface area contributed by atoms with E-state index in [9.17, 15) is 8.42 Å². The van der Waals surface area contributed by atoms with Gasteiger partial charge in [-0.1, -0.05) is 29.8 Å². The Balaban J connectivity index is 2.23. The lowest BCUT2D eigenvalue weighted by molar-refractivity contribution is 0.581. The van der Waals surface area contributed by atoms with E-state index in [4.69, 9.17) is 11.6 Å². The van der Waals surface area contributed by atoms with Crippen LogP contribution in [0.1, 0.15) is 11.4 Å². The van der Waals surface area contributed by atoms with Crippen LogP contribution in [0, 0.1) is 6.92 Å². The molecule has 25 heavy (non-hydrogen) atoms. The summed E-state index contributed by atoms with van der Waals surface area (Å²) < 4.78 is 27.6. The van der Waals surface area contributed by atoms with Crippen molar-refractivity contribution in [3.05, 3.63) is 64.9 Å². The smallest absolute Gasteiger partial charge is 0.241 e. The quantitative estimate of drug-likeness (QED) is 0.740. The van der Waals surface area contributed by atoms with E-state index < -0.39 is 9.84 Å². The minimum absolute atomic E-state index is 0.0169. The van der Waals surface area contributed by atoms with E-state index in [-0.39, 0.29) is 10.1 Å². The van der Waals surface area contributed by atoms with Crippen molar-refractivity contribution >= 4 is 21.4 Å². The summed E-state index contributed by atoms with van der Waals surface area (Å²) in [7, 11) is -2.08. The fourth-order valence-corrected chi connectivity index (χ4v) is 4.05. The zero-order valence-electron chi connectivity index (χ0n) is 13.8. The topological polar surface area (TPSA) is 76.9 Å². The van der Waals surface area contributed by atoms with Gasteiger partial charge in [0, 0.05) is 18.3 Å². The van der Waals surface area contributed by atoms with Gasteiger partial charge in [-0.05, 0) is 38.2 Å². The zero-order valence-corrected chi connectivity index (χ0v) is 15.3. The Morgan fingerprint density at radius 1 is 1.16 bits per heavy atom. The lowest BCUT2D eigenvalue weighted by Crippen LogP contribution is -2.12. The fraction of sp³-hybridized carbons (Fsp3) is 0.176. The summed E-state index contributed by atoms with van der Waals surface area (Å²) in [6, 6.07) is 13.4. The van der Waals surface area contributed by atoms with Crippen LogP contribution in [0.5, 0.6) is 0 Å². The second-order valence-electron chi connectivity index (χ2n) is 5.49. The number of pyridine rings is 1. The van der Waals surface area contributed by atoms with E-state index in [1.165, 1.54) is 10.7 Å². The Morgan fingerprint density at radius 2 is 1.92 bits per heavy atom. The van der Waals surface area contributed by atoms with Gasteiger partial charge in [-0.2, -0.15) is 5.10 Å². The number of rotatable bonds is 5. The van der Waals surface area contributed by atoms with Crippen LogP contribution in [0.2, 0.25) is 5.02 Å². The summed E-state index contributed by atoms with van der Waals surface area (Å²) in [5, 5.41) is 7.81. The standard InChI is InChI=1S/C17H17ClN4O2S/c1-12-6-5-9-16(20-12)25(23,24)17-10-13(11-19-2)21-22(17)15-8-4-3-7-14(15)18/h3-10,19H,11H2,1-2H3. The maximum absolute atomic E-state index is 13.1. The molecule has 0 saturated carbocycles. The first-order chi connectivity index (χ1) is 11.9. The molecule has 0 bridgehead atoms. The van der Waals surface area contributed by atoms with Gasteiger partial charge in [0.1, 0.15) is 0 Å². The van der Waals surface area contributed by atoms with Gasteiger partial charge in [0.2, 0.25) is 9.84 Å². The SMILES string of the molecule is CNCc1cc(S(=O)(=O)c2cccc(C)n2)n(-c2ccccc2Cl)n1. The van der Waals surface area contributed by atoms with Crippen LogP contribution in [0.3, 0.4) is 0 Å². The Kier molecular flexibility index (Phi) is 4.89. The second-order valence-corrected chi connectivity index (χ2v) is 7.74. The maximum atomic E-state index is 13.1. The Labute approximate surface area is 151 Å². The van der Waals surface area contributed by atoms with E-state index in [0.29, 0.717) is 28.6 Å². The molecule has 130 valence electrons. The van der Waals surface area contributed by atoms with Crippen LogP contribution < -0.4 is 5.32 Å². The van der Waals surface area contributed by atoms with E-state index in [1.54, 1.807) is 56.4 Å². The first kappa shape index (κ1) is 17.6. The number of para-hydroxylation sites is 1. The number of hydrogen-bond donors (Lipinski definition) is 1. The number of halogens is 1. The number of sulfone groups is 1. The molecular formula is C17H17ClN4O2S. The molecule has 0 aliphatic rings. The van der Waals surface area contributed by atoms with Gasteiger partial charge in [-0.3, -0.25) is 0 Å². The molecular weight excluding hydrogens is 360 g/mol. The predicted octanol–water partition coefficient (Wildman–Crippen LogP) is 2.78. The van der Waals surface area contributed by atoms with Crippen molar-refractivity contribution in [3.63, 3.8) is 0 Å². The highest BCUT2D eigenvalue weighted by Crippen LogP contribution is 2.27. The summed E-state index contributed by atoms with van der Waals surface area (Å²) in [6.07, 6.45) is 0. The molecule has 0 aliphatic carbocycles. The fourth-order valence-electron chi connectivity index (χ4n) is 2.44. The molecule has 3 rings (SSSR count). The van der Waals surface area contributed by atoms with Crippen molar-refractivity contribution in [2.45, 2.75) is 23.5 Å². The molecule has 2 aromatic heterocycles. The van der Waals surface area contributed by atoms with E-state index in [0.717, 1.165) is 0 Å². The molecule has 8 heteroatoms. The molecule has 3 aromatic rings. The van der Waals surface area contributed by atoms with Gasteiger partial charge in [-0.15, -0.1) is 0 Å². The van der Waals surface area contributed by atoms with Crippen LogP contribution in [-0.2, 0) is 16.4 Å². The highest BCUT2D eigenvalue weighted by atomic mass is 35.5. The van der Waals surface area contributed by atoms with E-state index in [1.807, 2.05) is 0 Å². The molecule has 0 fully saturated rings. The first-order valence-electron chi connectivity index (χ1n) is 7.60. The minimum atomic E-state index is -3.85. The van der Waals surface area contributed by atoms with Crippen molar-refractivity contribution < 1.29 is 8.42 Å². The molecule has 0 aliphatic heterocycles. The molecule has 0 radical (unpaired) electrons. The molecule has 1 aromatic carbocycles. The maximum Gasteiger partial charge on any atom is 0.241 e. The molecule has 0 spiro atoms. The molecule has 1 N–H and O–H groups in total. The third-order valence-electron chi connectivity index (χ3n) is 3.58. The van der Waals surface area contributed by atoms with E-state index >= 15 is 0 Å². The number of aryl methyl sites for hydroxylation is 1. The van der Waals surface area contributed by atoms with Crippen molar-refractivity contribution in [1.82, 2.24) is 20.1 Å². The summed E-state index contributed by atoms with van der Waals surface area (Å²) in [5.74, 6) is 0. The van der Waals surface area contributed by atoms with Gasteiger partial charge in [0.05, 0.1) is 16.4 Å². The monoisotopic (exact) mass is 376 g/mol. The number of nitrogens with one attached hydrogen (secondary N) is 1. The van der Waals surface area contributed by atoms with Crippen LogP contribution >= 0.6 is 11.6 Å². The lowest BCUT2D eigenvalue weighted by atomic mass is 10.3. The Bertz CT molecular complexity index is 1010. The molecule has 0 unspecified atom stereocenters. The predicted molar refractivity (Wildman–Crippen MR) is 95.8 cm³/mol. The number of benzene rings is 1. The Hall–Kier alpha value is -2.22. The highest BCUT2D eigenvalue weighted by Gasteiger charge is 2.26. The first-order valence-corrected chi connectivity index (χ1v) is 9.47. The average Bonchev–Trinajstić information content (AvgIpc) is 3.00. The van der Waals surface area contributed by atoms with Crippen LogP contribution in [0.25, 0.3) is 5.69 Å². The van der Waals surface area contributed by atoms with Crippen LogP contribution in [0.4, 0.5) is 0 Å². The molecule has 0 amide bonds. The van der Waals surface area contributed by atoms with Gasteiger partial charge in [0.25, 0.3) is 0 Å². The summed E-state index contributed by atoms with van der Waals surface area (Å²) in [5.41, 5.74) is 1.71. The number of nitrogens with zero attached hydrogens (tertiary/aromatic N) is 3. The number of hydrogen-bond acceptors (Lipinski definition) is 5. The molecule has 0 atom stereocenters. The lowest BCUT2D eigenvalue weighted by Gasteiger charge is -2.09. The van der Waals surface area contributed by atoms with Crippen molar-refractivity contribution in [3.8, 4) is 5.69 Å². The second kappa shape index (κ2) is 6.95. The van der Waals surface area contributed by atoms with Gasteiger partial charge in [0.15, 0.2) is 10.1 Å². The van der Waals surface area contributed by atoms with E-state index in [2.05, 4.69) is 15.4 Å². The van der Waals surface area contributed by atoms with Crippen molar-refractivity contribution in [1.29, 1.82) is 0 Å². The van der Waals surface area contributed by atoms with Crippen LogP contribution in [0.15, 0.2) is 58.6 Å². The largest absolute Gasteiger partial charge is 0.314 e. The highest BCUT2D eigenvalue weighted by molar-refractivity contribution is 7.91. The zero-order chi connectivity index (χ0) is 18.0. The summed E-state index contributed by atoms with van der Waals surface area (Å²) in [6.45, 7) is 2.18. The van der Waals surface area contributed by atoms with Crippen molar-refractivity contribution in [2.75, 3.05) is 7.05 Å². The minimum Gasteiger partial charge on any atom is -0.314 e. The summed E-state index contributed by atoms with van der Waals surface area (Å²) in [4.78, 5) is 4.16. The molecule has 0 saturated heterocycles. The number of aromatic nitrogens is 3. The van der Waals surface area contributed by atoms with Crippen LogP contribution in [-0.4, -0.2) is 30.2 Å². The summed E-state index contributed by atoms with van der Waals surface area (Å²) >= 11 is 6.25. The normalized spacial score (nSPS) is 11.6. The van der Waals surface area contributed by atoms with Gasteiger partial charge < -0.3 is 5.32 Å². The molecule has 2 heterocycles. The third kappa shape index (κ3) is 3.44. The third-order valence-corrected chi connectivity index (χ3v) is 5.52. The van der Waals surface area contributed by atoms with Crippen molar-refractivity contribution in [2.24, 2.45) is 0 Å².